The lowest BCUT2D eigenvalue weighted by molar-refractivity contribution is 0.0952. The van der Waals surface area contributed by atoms with Crippen molar-refractivity contribution in [1.29, 1.82) is 0 Å². The minimum Gasteiger partial charge on any atom is -0.490 e. The fourth-order valence-electron chi connectivity index (χ4n) is 3.15. The maximum Gasteiger partial charge on any atom is 0.256 e. The smallest absolute Gasteiger partial charge is 0.256 e. The molecule has 0 unspecified atom stereocenters. The van der Waals surface area contributed by atoms with Crippen LogP contribution in [-0.2, 0) is 6.42 Å². The van der Waals surface area contributed by atoms with Crippen molar-refractivity contribution in [3.8, 4) is 5.75 Å². The van der Waals surface area contributed by atoms with Crippen LogP contribution in [0.4, 0.5) is 0 Å². The summed E-state index contributed by atoms with van der Waals surface area (Å²) in [5, 5.41) is 6.72. The molecule has 0 spiro atoms. The van der Waals surface area contributed by atoms with Crippen molar-refractivity contribution in [1.82, 2.24) is 10.5 Å². The molecule has 1 aliphatic rings. The number of hydrogen-bond donors (Lipinski definition) is 1. The SMILES string of the molecule is Cc1noc(C)c1C(=O)NCCc1ccc(OC2CCCC2)cc1. The highest BCUT2D eigenvalue weighted by molar-refractivity contribution is 5.96. The van der Waals surface area contributed by atoms with Crippen molar-refractivity contribution in [3.63, 3.8) is 0 Å². The fourth-order valence-corrected chi connectivity index (χ4v) is 3.15. The lowest BCUT2D eigenvalue weighted by Crippen LogP contribution is -2.26. The molecule has 5 nitrogen and oxygen atoms in total. The van der Waals surface area contributed by atoms with E-state index in [-0.39, 0.29) is 5.91 Å². The zero-order chi connectivity index (χ0) is 16.9. The fraction of sp³-hybridized carbons (Fsp3) is 0.474. The first-order valence-corrected chi connectivity index (χ1v) is 8.60. The minimum atomic E-state index is -0.132. The second kappa shape index (κ2) is 7.51. The third-order valence-electron chi connectivity index (χ3n) is 4.49. The Labute approximate surface area is 142 Å². The van der Waals surface area contributed by atoms with Crippen LogP contribution in [0.25, 0.3) is 0 Å². The highest BCUT2D eigenvalue weighted by Gasteiger charge is 2.17. The van der Waals surface area contributed by atoms with E-state index >= 15 is 0 Å². The molecule has 5 heteroatoms. The van der Waals surface area contributed by atoms with Gasteiger partial charge in [-0.15, -0.1) is 0 Å². The van der Waals surface area contributed by atoms with Gasteiger partial charge >= 0.3 is 0 Å². The molecule has 1 aromatic heterocycles. The van der Waals surface area contributed by atoms with E-state index < -0.39 is 0 Å². The number of benzene rings is 1. The molecular weight excluding hydrogens is 304 g/mol. The van der Waals surface area contributed by atoms with Gasteiger partial charge in [0.15, 0.2) is 0 Å². The molecule has 1 N–H and O–H groups in total. The number of carbonyl (C=O) groups excluding carboxylic acids is 1. The van der Waals surface area contributed by atoms with E-state index in [0.717, 1.165) is 25.0 Å². The molecule has 0 atom stereocenters. The van der Waals surface area contributed by atoms with Gasteiger partial charge in [-0.05, 0) is 63.6 Å². The predicted octanol–water partition coefficient (Wildman–Crippen LogP) is 3.59. The number of aryl methyl sites for hydroxylation is 2. The number of nitrogens with one attached hydrogen (secondary N) is 1. The van der Waals surface area contributed by atoms with Crippen molar-refractivity contribution < 1.29 is 14.1 Å². The van der Waals surface area contributed by atoms with Gasteiger partial charge < -0.3 is 14.6 Å². The lowest BCUT2D eigenvalue weighted by Gasteiger charge is -2.13. The summed E-state index contributed by atoms with van der Waals surface area (Å²) in [5.41, 5.74) is 2.33. The van der Waals surface area contributed by atoms with Crippen LogP contribution in [0.1, 0.15) is 53.1 Å². The molecule has 1 aliphatic carbocycles. The van der Waals surface area contributed by atoms with Crippen molar-refractivity contribution >= 4 is 5.91 Å². The average molecular weight is 328 g/mol. The van der Waals surface area contributed by atoms with Crippen LogP contribution in [0.15, 0.2) is 28.8 Å². The molecule has 3 rings (SSSR count). The first kappa shape index (κ1) is 16.6. The number of amides is 1. The molecule has 0 radical (unpaired) electrons. The van der Waals surface area contributed by atoms with Crippen LogP contribution in [0.3, 0.4) is 0 Å². The van der Waals surface area contributed by atoms with Crippen LogP contribution < -0.4 is 10.1 Å². The van der Waals surface area contributed by atoms with E-state index in [4.69, 9.17) is 9.26 Å². The van der Waals surface area contributed by atoms with Gasteiger partial charge in [0.25, 0.3) is 5.91 Å². The second-order valence-electron chi connectivity index (χ2n) is 6.37. The van der Waals surface area contributed by atoms with Crippen molar-refractivity contribution in [2.75, 3.05) is 6.54 Å². The van der Waals surface area contributed by atoms with Crippen molar-refractivity contribution in [2.24, 2.45) is 0 Å². The highest BCUT2D eigenvalue weighted by Crippen LogP contribution is 2.24. The van der Waals surface area contributed by atoms with E-state index in [9.17, 15) is 4.79 Å². The van der Waals surface area contributed by atoms with E-state index in [1.165, 1.54) is 18.4 Å². The van der Waals surface area contributed by atoms with Gasteiger partial charge in [-0.3, -0.25) is 4.79 Å². The third-order valence-corrected chi connectivity index (χ3v) is 4.49. The average Bonchev–Trinajstić information content (AvgIpc) is 3.19. The standard InChI is InChI=1S/C19H24N2O3/c1-13-18(14(2)24-21-13)19(22)20-12-11-15-7-9-17(10-8-15)23-16-5-3-4-6-16/h7-10,16H,3-6,11-12H2,1-2H3,(H,20,22). The van der Waals surface area contributed by atoms with E-state index in [0.29, 0.717) is 29.7 Å². The Kier molecular flexibility index (Phi) is 5.18. The number of carbonyl (C=O) groups is 1. The first-order chi connectivity index (χ1) is 11.6. The molecule has 128 valence electrons. The Morgan fingerprint density at radius 3 is 2.58 bits per heavy atom. The number of hydrogen-bond acceptors (Lipinski definition) is 4. The van der Waals surface area contributed by atoms with Gasteiger partial charge in [-0.25, -0.2) is 0 Å². The third kappa shape index (κ3) is 3.96. The van der Waals surface area contributed by atoms with Gasteiger partial charge in [-0.1, -0.05) is 17.3 Å². The Morgan fingerprint density at radius 1 is 1.25 bits per heavy atom. The zero-order valence-electron chi connectivity index (χ0n) is 14.3. The summed E-state index contributed by atoms with van der Waals surface area (Å²) in [5.74, 6) is 1.36. The van der Waals surface area contributed by atoms with Crippen LogP contribution in [0, 0.1) is 13.8 Å². The van der Waals surface area contributed by atoms with E-state index in [1.54, 1.807) is 13.8 Å². The molecule has 1 saturated carbocycles. The highest BCUT2D eigenvalue weighted by atomic mass is 16.5. The van der Waals surface area contributed by atoms with E-state index in [1.807, 2.05) is 12.1 Å². The van der Waals surface area contributed by atoms with Crippen LogP contribution in [0.5, 0.6) is 5.75 Å². The summed E-state index contributed by atoms with van der Waals surface area (Å²) in [6.07, 6.45) is 6.02. The van der Waals surface area contributed by atoms with Crippen LogP contribution in [-0.4, -0.2) is 23.7 Å². The van der Waals surface area contributed by atoms with E-state index in [2.05, 4.69) is 22.6 Å². The molecule has 1 heterocycles. The minimum absolute atomic E-state index is 0.132. The molecule has 0 aliphatic heterocycles. The summed E-state index contributed by atoms with van der Waals surface area (Å²) in [6, 6.07) is 8.16. The Bertz CT molecular complexity index is 666. The maximum atomic E-state index is 12.2. The molecule has 24 heavy (non-hydrogen) atoms. The summed E-state index contributed by atoms with van der Waals surface area (Å²) in [7, 11) is 0. The normalized spacial score (nSPS) is 14.8. The number of aromatic nitrogens is 1. The largest absolute Gasteiger partial charge is 0.490 e. The Hall–Kier alpha value is -2.30. The van der Waals surface area contributed by atoms with Gasteiger partial charge in [0.1, 0.15) is 17.1 Å². The van der Waals surface area contributed by atoms with Crippen LogP contribution >= 0.6 is 0 Å². The summed E-state index contributed by atoms with van der Waals surface area (Å²) >= 11 is 0. The number of nitrogens with zero attached hydrogens (tertiary/aromatic N) is 1. The van der Waals surface area contributed by atoms with Gasteiger partial charge in [0.05, 0.1) is 11.8 Å². The Balaban J connectivity index is 1.47. The number of rotatable bonds is 6. The zero-order valence-corrected chi connectivity index (χ0v) is 14.3. The molecule has 1 fully saturated rings. The quantitative estimate of drug-likeness (QED) is 0.880. The Morgan fingerprint density at radius 2 is 1.96 bits per heavy atom. The molecule has 1 amide bonds. The summed E-state index contributed by atoms with van der Waals surface area (Å²) in [4.78, 5) is 12.2. The van der Waals surface area contributed by atoms with Gasteiger partial charge in [0, 0.05) is 6.54 Å². The summed E-state index contributed by atoms with van der Waals surface area (Å²) < 4.78 is 11.0. The number of ether oxygens (including phenoxy) is 1. The molecule has 1 aromatic carbocycles. The van der Waals surface area contributed by atoms with Crippen molar-refractivity contribution in [2.45, 2.75) is 52.1 Å². The molecule has 0 saturated heterocycles. The molecule has 2 aromatic rings. The topological polar surface area (TPSA) is 64.4 Å². The maximum absolute atomic E-state index is 12.2. The lowest BCUT2D eigenvalue weighted by atomic mass is 10.1. The molecular formula is C19H24N2O3. The van der Waals surface area contributed by atoms with Crippen molar-refractivity contribution in [3.05, 3.63) is 46.8 Å². The van der Waals surface area contributed by atoms with Crippen LogP contribution in [0.2, 0.25) is 0 Å². The molecule has 0 bridgehead atoms. The first-order valence-electron chi connectivity index (χ1n) is 8.60. The van der Waals surface area contributed by atoms with Gasteiger partial charge in [0.2, 0.25) is 0 Å². The monoisotopic (exact) mass is 328 g/mol. The second-order valence-corrected chi connectivity index (χ2v) is 6.37. The van der Waals surface area contributed by atoms with Gasteiger partial charge in [-0.2, -0.15) is 0 Å². The summed E-state index contributed by atoms with van der Waals surface area (Å²) in [6.45, 7) is 4.10. The predicted molar refractivity (Wildman–Crippen MR) is 91.3 cm³/mol.